The first-order valence-corrected chi connectivity index (χ1v) is 1.84. The van der Waals surface area contributed by atoms with Gasteiger partial charge in [0.25, 0.3) is 0 Å². The Hall–Kier alpha value is -1.50. The Kier molecular flexibility index (Phi) is 152. The van der Waals surface area contributed by atoms with Crippen LogP contribution in [0.5, 0.6) is 0 Å². The molecule has 0 aromatic rings. The normalized spacial score (nSPS) is 3.22. The molecule has 0 saturated carbocycles. The molecule has 4 heteroatoms. The Morgan fingerprint density at radius 2 is 1.33 bits per heavy atom. The van der Waals surface area contributed by atoms with E-state index in [-0.39, 0.29) is 0 Å². The van der Waals surface area contributed by atoms with E-state index >= 15 is 0 Å². The summed E-state index contributed by atoms with van der Waals surface area (Å²) in [4.78, 5) is 16.5. The first kappa shape index (κ1) is 15.6. The van der Waals surface area contributed by atoms with Crippen LogP contribution in [0.2, 0.25) is 0 Å². The molecule has 0 aliphatic carbocycles. The zero-order chi connectivity index (χ0) is 8.12. The lowest BCUT2D eigenvalue weighted by atomic mass is 10.8. The second-order valence-corrected chi connectivity index (χ2v) is 0.591. The van der Waals surface area contributed by atoms with Gasteiger partial charge in [0, 0.05) is 0 Å². The fraction of sp³-hybridized carbons (Fsp3) is 0.200. The molecule has 0 atom stereocenters. The smallest absolute Gasteiger partial charge is 0.0159 e. The van der Waals surface area contributed by atoms with Crippen LogP contribution in [0.4, 0.5) is 0 Å². The maximum absolute atomic E-state index is 8.24. The van der Waals surface area contributed by atoms with Crippen molar-refractivity contribution >= 4 is 12.2 Å². The van der Waals surface area contributed by atoms with Crippen LogP contribution in [-0.2, 0) is 9.59 Å². The Bertz CT molecular complexity index is 96.1. The van der Waals surface area contributed by atoms with Crippen molar-refractivity contribution in [2.75, 3.05) is 0 Å². The van der Waals surface area contributed by atoms with E-state index in [1.807, 2.05) is 6.92 Å². The Morgan fingerprint density at radius 3 is 1.33 bits per heavy atom. The lowest BCUT2D eigenvalue weighted by Gasteiger charge is -1.32. The number of nitrogens with zero attached hydrogens (tertiary/aromatic N) is 2. The molecule has 0 radical (unpaired) electrons. The van der Waals surface area contributed by atoms with Crippen LogP contribution in [0, 0.1) is 0 Å². The number of rotatable bonds is 0. The predicted molar refractivity (Wildman–Crippen MR) is 34.0 cm³/mol. The highest BCUT2D eigenvalue weighted by atomic mass is 16.1. The molecular weight excluding hydrogens is 120 g/mol. The van der Waals surface area contributed by atoms with Crippen LogP contribution in [0.1, 0.15) is 6.92 Å². The van der Waals surface area contributed by atoms with Crippen molar-refractivity contribution in [3.05, 3.63) is 23.5 Å². The van der Waals surface area contributed by atoms with E-state index in [1.165, 1.54) is 0 Å². The highest BCUT2D eigenvalue weighted by Gasteiger charge is 1.15. The molecule has 0 unspecified atom stereocenters. The highest BCUT2D eigenvalue weighted by Crippen LogP contribution is 1.38. The van der Waals surface area contributed by atoms with E-state index in [0.717, 1.165) is 0 Å². The molecule has 0 saturated heterocycles. The molecule has 0 aromatic heterocycles. The van der Waals surface area contributed by atoms with Crippen molar-refractivity contribution in [3.63, 3.8) is 0 Å². The van der Waals surface area contributed by atoms with Crippen LogP contribution in [0.15, 0.2) is 12.7 Å². The van der Waals surface area contributed by atoms with Gasteiger partial charge in [-0.3, -0.25) is 9.59 Å². The maximum Gasteiger partial charge on any atom is -0.0159 e. The van der Waals surface area contributed by atoms with Crippen LogP contribution < -0.4 is 0 Å². The van der Waals surface area contributed by atoms with Crippen molar-refractivity contribution in [1.82, 2.24) is 0 Å². The molecule has 0 aromatic carbocycles. The average molecular weight is 126 g/mol. The van der Waals surface area contributed by atoms with Crippen molar-refractivity contribution in [2.45, 2.75) is 6.92 Å². The molecule has 0 bridgehead atoms. The molecule has 0 amide bonds. The Labute approximate surface area is 53.2 Å². The first-order valence-electron chi connectivity index (χ1n) is 1.84. The summed E-state index contributed by atoms with van der Waals surface area (Å²) in [6.45, 7) is 5.25. The zero-order valence-corrected chi connectivity index (χ0v) is 5.00. The molecule has 0 heterocycles. The van der Waals surface area contributed by atoms with Gasteiger partial charge in [0.1, 0.15) is 0 Å². The van der Waals surface area contributed by atoms with Crippen LogP contribution >= 0.6 is 0 Å². The predicted octanol–water partition coefficient (Wildman–Crippen LogP) is 0.976. The number of isocyanates is 2. The second kappa shape index (κ2) is 87.4. The van der Waals surface area contributed by atoms with Gasteiger partial charge in [0.15, 0.2) is 0 Å². The summed E-state index contributed by atoms with van der Waals surface area (Å²) in [6, 6.07) is 0. The maximum atomic E-state index is 8.24. The summed E-state index contributed by atoms with van der Waals surface area (Å²) < 4.78 is 0. The van der Waals surface area contributed by atoms with Crippen LogP contribution in [0.25, 0.3) is 10.8 Å². The van der Waals surface area contributed by atoms with E-state index in [0.29, 0.717) is 12.2 Å². The van der Waals surface area contributed by atoms with Gasteiger partial charge in [-0.2, -0.15) is 0 Å². The fourth-order valence-corrected chi connectivity index (χ4v) is 0. The highest BCUT2D eigenvalue weighted by molar-refractivity contribution is 5.37. The van der Waals surface area contributed by atoms with Crippen molar-refractivity contribution in [3.8, 4) is 0 Å². The quantitative estimate of drug-likeness (QED) is 0.275. The van der Waals surface area contributed by atoms with Crippen molar-refractivity contribution in [2.24, 2.45) is 0 Å². The summed E-state index contributed by atoms with van der Waals surface area (Å²) >= 11 is 0. The zero-order valence-electron chi connectivity index (χ0n) is 5.00. The van der Waals surface area contributed by atoms with Crippen molar-refractivity contribution < 1.29 is 9.59 Å². The van der Waals surface area contributed by atoms with E-state index in [2.05, 4.69) is 6.58 Å². The van der Waals surface area contributed by atoms with Gasteiger partial charge in [-0.1, -0.05) is 6.08 Å². The molecule has 0 aliphatic rings. The summed E-state index contributed by atoms with van der Waals surface area (Å²) in [5.41, 5.74) is 0. The number of allylic oxidation sites excluding steroid dienone is 1. The average Bonchev–Trinajstić information content (AvgIpc) is 1.70. The number of hydrogen-bond donors (Lipinski definition) is 0. The molecule has 0 spiro atoms. The Balaban J connectivity index is -0.0000000600. The molecule has 0 aliphatic heterocycles. The topological polar surface area (TPSA) is 78.7 Å². The first-order chi connectivity index (χ1) is 4.24. The lowest BCUT2D eigenvalue weighted by Crippen LogP contribution is -1.13. The summed E-state index contributed by atoms with van der Waals surface area (Å²) in [5.74, 6) is 0. The fourth-order valence-electron chi connectivity index (χ4n) is 0. The van der Waals surface area contributed by atoms with Gasteiger partial charge >= 0.3 is 0 Å². The molecule has 0 rings (SSSR count). The number of carbonyl (C=O) groups excluding carboxylic acids is 2. The minimum Gasteiger partial charge on any atom is -0.724 e. The summed E-state index contributed by atoms with van der Waals surface area (Å²) in [5, 5.41) is 13.5. The van der Waals surface area contributed by atoms with Gasteiger partial charge in [-0.05, 0) is 19.1 Å². The number of hydrogen-bond acceptors (Lipinski definition) is 2. The van der Waals surface area contributed by atoms with Gasteiger partial charge < -0.3 is 10.8 Å². The van der Waals surface area contributed by atoms with Crippen LogP contribution in [-0.4, -0.2) is 12.2 Å². The van der Waals surface area contributed by atoms with Gasteiger partial charge in [0.05, 0.1) is 0 Å². The Morgan fingerprint density at radius 1 is 1.33 bits per heavy atom. The molecule has 0 fully saturated rings. The molecule has 9 heavy (non-hydrogen) atoms. The minimum atomic E-state index is 0.500. The third-order valence-corrected chi connectivity index (χ3v) is 0. The van der Waals surface area contributed by atoms with Crippen molar-refractivity contribution in [1.29, 1.82) is 0 Å². The third-order valence-electron chi connectivity index (χ3n) is 0. The van der Waals surface area contributed by atoms with E-state index in [4.69, 9.17) is 20.4 Å². The summed E-state index contributed by atoms with van der Waals surface area (Å²) in [7, 11) is 0. The molecule has 50 valence electrons. The van der Waals surface area contributed by atoms with E-state index < -0.39 is 0 Å². The van der Waals surface area contributed by atoms with Crippen LogP contribution in [0.3, 0.4) is 0 Å². The largest absolute Gasteiger partial charge is 0.724 e. The molecule has 0 N–H and O–H groups in total. The SMILES string of the molecule is C=CC.[N-]=C=O.[N-]=C=O. The summed E-state index contributed by atoms with van der Waals surface area (Å²) in [6.07, 6.45) is 2.75. The second-order valence-electron chi connectivity index (χ2n) is 0.591. The lowest BCUT2D eigenvalue weighted by molar-refractivity contribution is 0.568. The standard InChI is InChI=1S/C3H6.2CNO/c1-3-2;2*2-1-3/h3H,1H2,2H3;;/q;2*-1. The van der Waals surface area contributed by atoms with E-state index in [1.54, 1.807) is 6.08 Å². The van der Waals surface area contributed by atoms with Gasteiger partial charge in [-0.15, -0.1) is 6.58 Å². The minimum absolute atomic E-state index is 0.500. The molecule has 4 nitrogen and oxygen atoms in total. The van der Waals surface area contributed by atoms with E-state index in [9.17, 15) is 0 Å². The monoisotopic (exact) mass is 126 g/mol. The van der Waals surface area contributed by atoms with Gasteiger partial charge in [-0.25, -0.2) is 0 Å². The third kappa shape index (κ3) is 58.5. The van der Waals surface area contributed by atoms with Gasteiger partial charge in [0.2, 0.25) is 0 Å². The molecular formula is C5H6N2O2-2.